The Labute approximate surface area is 137 Å². The summed E-state index contributed by atoms with van der Waals surface area (Å²) in [5, 5.41) is 10.0. The summed E-state index contributed by atoms with van der Waals surface area (Å²) >= 11 is 0. The third-order valence-corrected chi connectivity index (χ3v) is 4.28. The number of hydrogen-bond donors (Lipinski definition) is 1. The second-order valence-electron chi connectivity index (χ2n) is 5.71. The molecule has 1 fully saturated rings. The molecule has 4 nitrogen and oxygen atoms in total. The van der Waals surface area contributed by atoms with Gasteiger partial charge in [-0.05, 0) is 36.1 Å². The van der Waals surface area contributed by atoms with Crippen molar-refractivity contribution < 1.29 is 14.6 Å². The first-order valence-electron chi connectivity index (χ1n) is 7.56. The summed E-state index contributed by atoms with van der Waals surface area (Å²) in [6, 6.07) is 8.33. The molecular formula is C17H22ClNO3. The number of benzene rings is 1. The number of carbonyl (C=O) groups excluding carboxylic acids is 1. The summed E-state index contributed by atoms with van der Waals surface area (Å²) < 4.78 is 5.06. The van der Waals surface area contributed by atoms with Gasteiger partial charge in [-0.3, -0.25) is 9.69 Å². The van der Waals surface area contributed by atoms with E-state index in [1.807, 2.05) is 12.1 Å². The normalized spacial score (nSPS) is 23.6. The molecule has 1 heterocycles. The number of nitrogens with zero attached hydrogens (tertiary/aromatic N) is 1. The van der Waals surface area contributed by atoms with Gasteiger partial charge >= 0.3 is 5.97 Å². The first-order valence-corrected chi connectivity index (χ1v) is 7.56. The molecule has 1 aliphatic carbocycles. The van der Waals surface area contributed by atoms with Crippen molar-refractivity contribution in [3.05, 3.63) is 35.4 Å². The zero-order chi connectivity index (χ0) is 14.8. The molecule has 1 saturated heterocycles. The van der Waals surface area contributed by atoms with Crippen molar-refractivity contribution in [1.82, 2.24) is 4.90 Å². The molecule has 3 rings (SSSR count). The monoisotopic (exact) mass is 323 g/mol. The highest BCUT2D eigenvalue weighted by Crippen LogP contribution is 2.33. The Balaban J connectivity index is 0.00000176. The molecule has 2 atom stereocenters. The Morgan fingerprint density at radius 3 is 2.91 bits per heavy atom. The minimum Gasteiger partial charge on any atom is -0.466 e. The number of likely N-dealkylation sites (tertiary alicyclic amines) is 1. The number of hydrogen-bond acceptors (Lipinski definition) is 4. The Morgan fingerprint density at radius 1 is 1.41 bits per heavy atom. The highest BCUT2D eigenvalue weighted by molar-refractivity contribution is 5.96. The van der Waals surface area contributed by atoms with Crippen molar-refractivity contribution in [2.45, 2.75) is 19.4 Å². The number of piperidine rings is 1. The molecule has 0 bridgehead atoms. The summed E-state index contributed by atoms with van der Waals surface area (Å²) in [7, 11) is 0. The first kappa shape index (κ1) is 17.0. The van der Waals surface area contributed by atoms with Crippen molar-refractivity contribution >= 4 is 30.0 Å². The Bertz CT molecular complexity index is 573. The Hall–Kier alpha value is -1.36. The average Bonchev–Trinajstić information content (AvgIpc) is 2.46. The number of carbonyl (C=O) groups is 1. The lowest BCUT2D eigenvalue weighted by Gasteiger charge is -2.36. The number of aliphatic hydroxyl groups is 1. The molecule has 1 aromatic carbocycles. The molecule has 0 spiro atoms. The van der Waals surface area contributed by atoms with E-state index in [-0.39, 0.29) is 18.4 Å². The fourth-order valence-corrected chi connectivity index (χ4v) is 3.11. The number of aliphatic hydroxyl groups excluding tert-OH is 1. The van der Waals surface area contributed by atoms with E-state index >= 15 is 0 Å². The minimum absolute atomic E-state index is 0. The van der Waals surface area contributed by atoms with Gasteiger partial charge in [0.15, 0.2) is 0 Å². The average molecular weight is 324 g/mol. The van der Waals surface area contributed by atoms with Crippen LogP contribution in [-0.4, -0.2) is 48.3 Å². The fourth-order valence-electron chi connectivity index (χ4n) is 3.11. The van der Waals surface area contributed by atoms with Gasteiger partial charge in [0.05, 0.1) is 18.6 Å². The molecule has 0 radical (unpaired) electrons. The van der Waals surface area contributed by atoms with Gasteiger partial charge in [0.25, 0.3) is 0 Å². The third kappa shape index (κ3) is 3.35. The third-order valence-electron chi connectivity index (χ3n) is 4.28. The molecule has 5 heteroatoms. The number of esters is 1. The van der Waals surface area contributed by atoms with Gasteiger partial charge in [0.2, 0.25) is 0 Å². The van der Waals surface area contributed by atoms with E-state index in [2.05, 4.69) is 23.1 Å². The van der Waals surface area contributed by atoms with Gasteiger partial charge in [0.1, 0.15) is 0 Å². The SMILES string of the molecule is CCOC(=O)C1CN(CC2=Cc3ccccc32)CCC1O.Cl. The molecule has 120 valence electrons. The predicted molar refractivity (Wildman–Crippen MR) is 88.7 cm³/mol. The van der Waals surface area contributed by atoms with Crippen LogP contribution in [0.2, 0.25) is 0 Å². The van der Waals surface area contributed by atoms with Gasteiger partial charge in [-0.2, -0.15) is 0 Å². The molecule has 2 unspecified atom stereocenters. The van der Waals surface area contributed by atoms with E-state index in [4.69, 9.17) is 4.74 Å². The molecule has 0 amide bonds. The molecule has 1 aliphatic heterocycles. The zero-order valence-electron chi connectivity index (χ0n) is 12.7. The van der Waals surface area contributed by atoms with Crippen molar-refractivity contribution in [3.63, 3.8) is 0 Å². The van der Waals surface area contributed by atoms with Gasteiger partial charge in [-0.1, -0.05) is 24.3 Å². The topological polar surface area (TPSA) is 49.8 Å². The summed E-state index contributed by atoms with van der Waals surface area (Å²) in [4.78, 5) is 14.1. The lowest BCUT2D eigenvalue weighted by atomic mass is 9.87. The van der Waals surface area contributed by atoms with Crippen LogP contribution in [0.4, 0.5) is 0 Å². The van der Waals surface area contributed by atoms with Crippen LogP contribution in [0.15, 0.2) is 24.3 Å². The van der Waals surface area contributed by atoms with E-state index in [1.165, 1.54) is 16.7 Å². The molecule has 0 aromatic heterocycles. The van der Waals surface area contributed by atoms with Crippen molar-refractivity contribution in [2.24, 2.45) is 5.92 Å². The summed E-state index contributed by atoms with van der Waals surface area (Å²) in [5.74, 6) is -0.702. The van der Waals surface area contributed by atoms with Gasteiger partial charge in [-0.25, -0.2) is 0 Å². The van der Waals surface area contributed by atoms with Crippen LogP contribution in [0.3, 0.4) is 0 Å². The van der Waals surface area contributed by atoms with Crippen molar-refractivity contribution in [1.29, 1.82) is 0 Å². The molecule has 1 N–H and O–H groups in total. The lowest BCUT2D eigenvalue weighted by molar-refractivity contribution is -0.155. The standard InChI is InChI=1S/C17H21NO3.ClH/c1-2-21-17(20)15-11-18(8-7-16(15)19)10-13-9-12-5-3-4-6-14(12)13;/h3-6,9,15-16,19H,2,7-8,10-11H2,1H3;1H. The van der Waals surface area contributed by atoms with E-state index in [0.29, 0.717) is 19.6 Å². The van der Waals surface area contributed by atoms with Gasteiger partial charge < -0.3 is 9.84 Å². The Morgan fingerprint density at radius 2 is 2.18 bits per heavy atom. The highest BCUT2D eigenvalue weighted by Gasteiger charge is 2.34. The van der Waals surface area contributed by atoms with Crippen LogP contribution < -0.4 is 0 Å². The van der Waals surface area contributed by atoms with E-state index < -0.39 is 12.0 Å². The molecule has 2 aliphatic rings. The molecular weight excluding hydrogens is 302 g/mol. The minimum atomic E-state index is -0.581. The molecule has 22 heavy (non-hydrogen) atoms. The maximum Gasteiger partial charge on any atom is 0.312 e. The van der Waals surface area contributed by atoms with Crippen LogP contribution in [0.1, 0.15) is 24.5 Å². The fraction of sp³-hybridized carbons (Fsp3) is 0.471. The van der Waals surface area contributed by atoms with E-state index in [9.17, 15) is 9.90 Å². The highest BCUT2D eigenvalue weighted by atomic mass is 35.5. The second kappa shape index (κ2) is 7.27. The summed E-state index contributed by atoms with van der Waals surface area (Å²) in [6.07, 6.45) is 2.24. The van der Waals surface area contributed by atoms with Crippen molar-refractivity contribution in [2.75, 3.05) is 26.2 Å². The van der Waals surface area contributed by atoms with Crippen LogP contribution in [-0.2, 0) is 9.53 Å². The number of rotatable bonds is 4. The number of halogens is 1. The predicted octanol–water partition coefficient (Wildman–Crippen LogP) is 2.21. The second-order valence-corrected chi connectivity index (χ2v) is 5.71. The largest absolute Gasteiger partial charge is 0.466 e. The summed E-state index contributed by atoms with van der Waals surface area (Å²) in [6.45, 7) is 4.37. The number of ether oxygens (including phenoxy) is 1. The first-order chi connectivity index (χ1) is 10.2. The summed E-state index contributed by atoms with van der Waals surface area (Å²) in [5.41, 5.74) is 3.90. The number of fused-ring (bicyclic) bond motifs is 1. The quantitative estimate of drug-likeness (QED) is 0.863. The van der Waals surface area contributed by atoms with Crippen LogP contribution >= 0.6 is 12.4 Å². The lowest BCUT2D eigenvalue weighted by Crippen LogP contribution is -2.47. The molecule has 0 saturated carbocycles. The molecule has 1 aromatic rings. The van der Waals surface area contributed by atoms with Crippen molar-refractivity contribution in [3.8, 4) is 0 Å². The maximum absolute atomic E-state index is 11.9. The van der Waals surface area contributed by atoms with Crippen LogP contribution in [0.5, 0.6) is 0 Å². The van der Waals surface area contributed by atoms with E-state index in [1.54, 1.807) is 6.92 Å². The van der Waals surface area contributed by atoms with Crippen LogP contribution in [0, 0.1) is 5.92 Å². The van der Waals surface area contributed by atoms with Gasteiger partial charge in [-0.15, -0.1) is 12.4 Å². The van der Waals surface area contributed by atoms with E-state index in [0.717, 1.165) is 13.1 Å². The van der Waals surface area contributed by atoms with Crippen LogP contribution in [0.25, 0.3) is 11.6 Å². The maximum atomic E-state index is 11.9. The smallest absolute Gasteiger partial charge is 0.312 e. The zero-order valence-corrected chi connectivity index (χ0v) is 13.5. The van der Waals surface area contributed by atoms with Gasteiger partial charge in [0, 0.05) is 19.6 Å². The Kier molecular flexibility index (Phi) is 5.62.